The molecule has 3 nitrogen and oxygen atoms in total. The van der Waals surface area contributed by atoms with Gasteiger partial charge in [-0.25, -0.2) is 4.39 Å². The molecule has 0 spiro atoms. The fourth-order valence-corrected chi connectivity index (χ4v) is 3.38. The van der Waals surface area contributed by atoms with Crippen LogP contribution in [0.25, 0.3) is 0 Å². The molecular formula is C14H19FN2OS. The largest absolute Gasteiger partial charge is 0.301 e. The number of aromatic nitrogens is 1. The number of carbonyl (C=O) groups excluding carboxylic acids is 1. The third-order valence-electron chi connectivity index (χ3n) is 3.28. The van der Waals surface area contributed by atoms with Crippen molar-refractivity contribution in [2.45, 2.75) is 19.1 Å². The van der Waals surface area contributed by atoms with Gasteiger partial charge in [0.1, 0.15) is 11.5 Å². The van der Waals surface area contributed by atoms with E-state index in [4.69, 9.17) is 0 Å². The molecule has 2 unspecified atom stereocenters. The first-order chi connectivity index (χ1) is 9.06. The van der Waals surface area contributed by atoms with Crippen LogP contribution in [0, 0.1) is 11.7 Å². The van der Waals surface area contributed by atoms with Gasteiger partial charge in [0.05, 0.1) is 6.20 Å². The molecule has 5 heteroatoms. The Bertz CT molecular complexity index is 438. The fourth-order valence-electron chi connectivity index (χ4n) is 2.30. The van der Waals surface area contributed by atoms with Crippen LogP contribution in [-0.4, -0.2) is 46.3 Å². The molecule has 0 N–H and O–H groups in total. The van der Waals surface area contributed by atoms with E-state index in [1.165, 1.54) is 12.1 Å². The second-order valence-corrected chi connectivity index (χ2v) is 6.61. The average molecular weight is 282 g/mol. The van der Waals surface area contributed by atoms with Crippen molar-refractivity contribution >= 4 is 17.5 Å². The lowest BCUT2D eigenvalue weighted by Gasteiger charge is -2.31. The predicted octanol–water partition coefficient (Wildman–Crippen LogP) is 2.48. The Kier molecular flexibility index (Phi) is 4.93. The van der Waals surface area contributed by atoms with E-state index in [2.05, 4.69) is 16.8 Å². The van der Waals surface area contributed by atoms with Crippen LogP contribution in [0.3, 0.4) is 0 Å². The molecule has 1 aromatic heterocycles. The lowest BCUT2D eigenvalue weighted by Crippen LogP contribution is -2.40. The van der Waals surface area contributed by atoms with Gasteiger partial charge in [-0.2, -0.15) is 11.8 Å². The zero-order valence-electron chi connectivity index (χ0n) is 11.3. The Morgan fingerprint density at radius 2 is 2.42 bits per heavy atom. The monoisotopic (exact) mass is 282 g/mol. The SMILES string of the molecule is CC1CN(CC(C)C(=O)c2ccc(F)cn2)CCS1. The molecule has 0 amide bonds. The number of rotatable bonds is 4. The van der Waals surface area contributed by atoms with Gasteiger partial charge < -0.3 is 4.90 Å². The van der Waals surface area contributed by atoms with Gasteiger partial charge in [0.15, 0.2) is 5.78 Å². The van der Waals surface area contributed by atoms with Crippen molar-refractivity contribution in [2.75, 3.05) is 25.4 Å². The van der Waals surface area contributed by atoms with Crippen LogP contribution in [0.1, 0.15) is 24.3 Å². The third kappa shape index (κ3) is 4.01. The molecule has 0 radical (unpaired) electrons. The molecule has 19 heavy (non-hydrogen) atoms. The first kappa shape index (κ1) is 14.5. The summed E-state index contributed by atoms with van der Waals surface area (Å²) in [5, 5.41) is 0.625. The average Bonchev–Trinajstić information content (AvgIpc) is 2.39. The van der Waals surface area contributed by atoms with Crippen LogP contribution < -0.4 is 0 Å². The minimum absolute atomic E-state index is 0.00844. The van der Waals surface area contributed by atoms with E-state index in [9.17, 15) is 9.18 Å². The maximum absolute atomic E-state index is 12.8. The van der Waals surface area contributed by atoms with E-state index in [0.29, 0.717) is 10.9 Å². The third-order valence-corrected chi connectivity index (χ3v) is 4.42. The normalized spacial score (nSPS) is 22.2. The molecule has 1 fully saturated rings. The summed E-state index contributed by atoms with van der Waals surface area (Å²) in [6.07, 6.45) is 1.10. The highest BCUT2D eigenvalue weighted by Crippen LogP contribution is 2.19. The molecule has 1 aromatic rings. The Morgan fingerprint density at radius 3 is 3.05 bits per heavy atom. The number of hydrogen-bond donors (Lipinski definition) is 0. The summed E-state index contributed by atoms with van der Waals surface area (Å²) >= 11 is 1.97. The van der Waals surface area contributed by atoms with Gasteiger partial charge >= 0.3 is 0 Å². The Labute approximate surface area is 117 Å². The van der Waals surface area contributed by atoms with E-state index < -0.39 is 5.82 Å². The molecule has 1 aliphatic heterocycles. The minimum Gasteiger partial charge on any atom is -0.301 e. The van der Waals surface area contributed by atoms with Crippen LogP contribution in [0.2, 0.25) is 0 Å². The topological polar surface area (TPSA) is 33.2 Å². The van der Waals surface area contributed by atoms with Crippen molar-refractivity contribution in [1.29, 1.82) is 0 Å². The highest BCUT2D eigenvalue weighted by Gasteiger charge is 2.23. The van der Waals surface area contributed by atoms with Crippen molar-refractivity contribution in [2.24, 2.45) is 5.92 Å². The lowest BCUT2D eigenvalue weighted by molar-refractivity contribution is 0.0890. The molecular weight excluding hydrogens is 263 g/mol. The number of ketones is 1. The number of pyridine rings is 1. The number of hydrogen-bond acceptors (Lipinski definition) is 4. The standard InChI is InChI=1S/C14H19FN2OS/c1-10(8-17-5-6-19-11(2)9-17)14(18)13-4-3-12(15)7-16-13/h3-4,7,10-11H,5-6,8-9H2,1-2H3. The summed E-state index contributed by atoms with van der Waals surface area (Å²) < 4.78 is 12.8. The van der Waals surface area contributed by atoms with Crippen LogP contribution in [0.5, 0.6) is 0 Å². The van der Waals surface area contributed by atoms with Crippen LogP contribution in [0.4, 0.5) is 4.39 Å². The fraction of sp³-hybridized carbons (Fsp3) is 0.571. The Morgan fingerprint density at radius 1 is 1.63 bits per heavy atom. The maximum Gasteiger partial charge on any atom is 0.185 e. The van der Waals surface area contributed by atoms with Crippen molar-refractivity contribution in [3.8, 4) is 0 Å². The van der Waals surface area contributed by atoms with E-state index in [0.717, 1.165) is 31.6 Å². The van der Waals surface area contributed by atoms with E-state index >= 15 is 0 Å². The summed E-state index contributed by atoms with van der Waals surface area (Å²) in [7, 11) is 0. The second kappa shape index (κ2) is 6.48. The van der Waals surface area contributed by atoms with Crippen LogP contribution in [0.15, 0.2) is 18.3 Å². The molecule has 2 rings (SSSR count). The minimum atomic E-state index is -0.411. The quantitative estimate of drug-likeness (QED) is 0.794. The molecule has 104 valence electrons. The van der Waals surface area contributed by atoms with Gasteiger partial charge in [0, 0.05) is 36.6 Å². The predicted molar refractivity (Wildman–Crippen MR) is 76.0 cm³/mol. The highest BCUT2D eigenvalue weighted by atomic mass is 32.2. The summed E-state index contributed by atoms with van der Waals surface area (Å²) in [5.41, 5.74) is 0.355. The van der Waals surface area contributed by atoms with Crippen molar-refractivity contribution < 1.29 is 9.18 Å². The van der Waals surface area contributed by atoms with Gasteiger partial charge in [-0.3, -0.25) is 9.78 Å². The van der Waals surface area contributed by atoms with Crippen molar-refractivity contribution in [1.82, 2.24) is 9.88 Å². The first-order valence-electron chi connectivity index (χ1n) is 6.56. The molecule has 0 saturated carbocycles. The highest BCUT2D eigenvalue weighted by molar-refractivity contribution is 7.99. The van der Waals surface area contributed by atoms with Gasteiger partial charge in [-0.15, -0.1) is 0 Å². The van der Waals surface area contributed by atoms with E-state index in [-0.39, 0.29) is 11.7 Å². The first-order valence-corrected chi connectivity index (χ1v) is 7.61. The molecule has 2 heterocycles. The number of thioether (sulfide) groups is 1. The zero-order valence-corrected chi connectivity index (χ0v) is 12.1. The molecule has 1 saturated heterocycles. The Hall–Kier alpha value is -0.940. The number of nitrogens with zero attached hydrogens (tertiary/aromatic N) is 2. The second-order valence-electron chi connectivity index (χ2n) is 5.07. The van der Waals surface area contributed by atoms with Gasteiger partial charge in [-0.05, 0) is 12.1 Å². The molecule has 1 aliphatic rings. The number of carbonyl (C=O) groups is 1. The lowest BCUT2D eigenvalue weighted by atomic mass is 10.0. The molecule has 0 bridgehead atoms. The van der Waals surface area contributed by atoms with E-state index in [1.807, 2.05) is 18.7 Å². The molecule has 2 atom stereocenters. The summed E-state index contributed by atoms with van der Waals surface area (Å²) in [6.45, 7) is 6.94. The summed E-state index contributed by atoms with van der Waals surface area (Å²) in [6, 6.07) is 2.75. The summed E-state index contributed by atoms with van der Waals surface area (Å²) in [5.74, 6) is 0.599. The number of halogens is 1. The smallest absolute Gasteiger partial charge is 0.185 e. The zero-order chi connectivity index (χ0) is 13.8. The van der Waals surface area contributed by atoms with Crippen LogP contribution >= 0.6 is 11.8 Å². The summed E-state index contributed by atoms with van der Waals surface area (Å²) in [4.78, 5) is 18.4. The van der Waals surface area contributed by atoms with Gasteiger partial charge in [-0.1, -0.05) is 13.8 Å². The van der Waals surface area contributed by atoms with Gasteiger partial charge in [0.2, 0.25) is 0 Å². The van der Waals surface area contributed by atoms with Gasteiger partial charge in [0.25, 0.3) is 0 Å². The molecule has 0 aliphatic carbocycles. The van der Waals surface area contributed by atoms with Crippen molar-refractivity contribution in [3.05, 3.63) is 29.8 Å². The Balaban J connectivity index is 1.93. The molecule has 0 aromatic carbocycles. The van der Waals surface area contributed by atoms with E-state index in [1.54, 1.807) is 0 Å². The van der Waals surface area contributed by atoms with Crippen molar-refractivity contribution in [3.63, 3.8) is 0 Å². The maximum atomic E-state index is 12.8. The van der Waals surface area contributed by atoms with Crippen LogP contribution in [-0.2, 0) is 0 Å². The number of Topliss-reactive ketones (excluding diaryl/α,β-unsaturated/α-hetero) is 1.